The zero-order chi connectivity index (χ0) is 10.2. The summed E-state index contributed by atoms with van der Waals surface area (Å²) in [5.74, 6) is -0.422. The molecule has 0 aromatic rings. The number of rotatable bonds is 1. The van der Waals surface area contributed by atoms with E-state index in [2.05, 4.69) is 0 Å². The van der Waals surface area contributed by atoms with E-state index in [9.17, 15) is 8.78 Å². The van der Waals surface area contributed by atoms with Crippen LogP contribution in [0.3, 0.4) is 0 Å². The Labute approximate surface area is 84.0 Å². The van der Waals surface area contributed by atoms with Crippen LogP contribution in [0, 0.1) is 11.3 Å². The summed E-state index contributed by atoms with van der Waals surface area (Å²) in [4.78, 5) is 0. The van der Waals surface area contributed by atoms with Crippen molar-refractivity contribution in [1.82, 2.24) is 0 Å². The van der Waals surface area contributed by atoms with Crippen LogP contribution in [0.4, 0.5) is 8.78 Å². The van der Waals surface area contributed by atoms with Crippen LogP contribution in [-0.2, 0) is 0 Å². The summed E-state index contributed by atoms with van der Waals surface area (Å²) in [7, 11) is 0. The molecular formula is C11H19F2N. The Hall–Kier alpha value is -0.180. The zero-order valence-electron chi connectivity index (χ0n) is 8.52. The van der Waals surface area contributed by atoms with Gasteiger partial charge in [-0.1, -0.05) is 12.8 Å². The highest BCUT2D eigenvalue weighted by Gasteiger charge is 2.48. The van der Waals surface area contributed by atoms with Gasteiger partial charge >= 0.3 is 0 Å². The van der Waals surface area contributed by atoms with Gasteiger partial charge in [0.15, 0.2) is 0 Å². The van der Waals surface area contributed by atoms with E-state index in [1.165, 1.54) is 0 Å². The second kappa shape index (κ2) is 3.76. The topological polar surface area (TPSA) is 26.0 Å². The van der Waals surface area contributed by atoms with Crippen LogP contribution in [0.15, 0.2) is 0 Å². The lowest BCUT2D eigenvalue weighted by molar-refractivity contribution is -0.0378. The molecule has 14 heavy (non-hydrogen) atoms. The van der Waals surface area contributed by atoms with Gasteiger partial charge in [-0.2, -0.15) is 0 Å². The smallest absolute Gasteiger partial charge is 0.242 e. The molecule has 2 fully saturated rings. The molecule has 0 heterocycles. The van der Waals surface area contributed by atoms with E-state index in [0.29, 0.717) is 6.42 Å². The Morgan fingerprint density at radius 2 is 1.79 bits per heavy atom. The zero-order valence-corrected chi connectivity index (χ0v) is 8.52. The van der Waals surface area contributed by atoms with Crippen molar-refractivity contribution in [2.75, 3.05) is 0 Å². The van der Waals surface area contributed by atoms with Gasteiger partial charge in [-0.15, -0.1) is 0 Å². The SMILES string of the molecule is NC1CCC2(CCCC2)C(C(F)F)C1. The van der Waals surface area contributed by atoms with E-state index in [-0.39, 0.29) is 11.5 Å². The molecular weight excluding hydrogens is 184 g/mol. The molecule has 2 N–H and O–H groups in total. The maximum Gasteiger partial charge on any atom is 0.242 e. The highest BCUT2D eigenvalue weighted by atomic mass is 19.3. The normalized spacial score (nSPS) is 36.9. The molecule has 0 aromatic heterocycles. The van der Waals surface area contributed by atoms with Crippen LogP contribution in [-0.4, -0.2) is 12.5 Å². The van der Waals surface area contributed by atoms with E-state index in [0.717, 1.165) is 38.5 Å². The number of nitrogens with two attached hydrogens (primary N) is 1. The average Bonchev–Trinajstić information content (AvgIpc) is 2.59. The molecule has 82 valence electrons. The van der Waals surface area contributed by atoms with E-state index < -0.39 is 12.3 Å². The van der Waals surface area contributed by atoms with Crippen molar-refractivity contribution >= 4 is 0 Å². The fourth-order valence-electron chi connectivity index (χ4n) is 3.42. The van der Waals surface area contributed by atoms with Gasteiger partial charge in [0.2, 0.25) is 6.43 Å². The number of halogens is 2. The van der Waals surface area contributed by atoms with E-state index in [1.807, 2.05) is 0 Å². The summed E-state index contributed by atoms with van der Waals surface area (Å²) in [6.07, 6.45) is 4.55. The maximum atomic E-state index is 12.9. The Balaban J connectivity index is 2.13. The highest BCUT2D eigenvalue weighted by molar-refractivity contribution is 4.97. The first-order chi connectivity index (χ1) is 6.64. The predicted molar refractivity (Wildman–Crippen MR) is 52.2 cm³/mol. The minimum atomic E-state index is -2.17. The van der Waals surface area contributed by atoms with Crippen LogP contribution in [0.25, 0.3) is 0 Å². The highest BCUT2D eigenvalue weighted by Crippen LogP contribution is 2.54. The lowest BCUT2D eigenvalue weighted by Gasteiger charge is -2.43. The van der Waals surface area contributed by atoms with E-state index in [1.54, 1.807) is 0 Å². The summed E-state index contributed by atoms with van der Waals surface area (Å²) in [5, 5.41) is 0. The predicted octanol–water partition coefficient (Wildman–Crippen LogP) is 2.94. The minimum absolute atomic E-state index is 0.0141. The van der Waals surface area contributed by atoms with Crippen molar-refractivity contribution in [3.05, 3.63) is 0 Å². The summed E-state index contributed by atoms with van der Waals surface area (Å²) in [5.41, 5.74) is 5.74. The summed E-state index contributed by atoms with van der Waals surface area (Å²) < 4.78 is 25.9. The number of hydrogen-bond acceptors (Lipinski definition) is 1. The maximum absolute atomic E-state index is 12.9. The molecule has 0 bridgehead atoms. The molecule has 2 aliphatic rings. The third-order valence-electron chi connectivity index (χ3n) is 4.26. The van der Waals surface area contributed by atoms with Crippen LogP contribution >= 0.6 is 0 Å². The Morgan fingerprint density at radius 3 is 2.36 bits per heavy atom. The van der Waals surface area contributed by atoms with Crippen molar-refractivity contribution in [3.63, 3.8) is 0 Å². The van der Waals surface area contributed by atoms with Gasteiger partial charge in [-0.25, -0.2) is 8.78 Å². The van der Waals surface area contributed by atoms with Gasteiger partial charge in [-0.05, 0) is 37.5 Å². The van der Waals surface area contributed by atoms with Crippen LogP contribution in [0.5, 0.6) is 0 Å². The Morgan fingerprint density at radius 1 is 1.14 bits per heavy atom. The third kappa shape index (κ3) is 1.67. The molecule has 0 radical (unpaired) electrons. The largest absolute Gasteiger partial charge is 0.328 e. The van der Waals surface area contributed by atoms with Crippen LogP contribution < -0.4 is 5.73 Å². The average molecular weight is 203 g/mol. The van der Waals surface area contributed by atoms with Gasteiger partial charge in [0, 0.05) is 12.0 Å². The molecule has 0 aliphatic heterocycles. The number of hydrogen-bond donors (Lipinski definition) is 1. The molecule has 1 spiro atoms. The first-order valence-corrected chi connectivity index (χ1v) is 5.68. The minimum Gasteiger partial charge on any atom is -0.328 e. The Bertz CT molecular complexity index is 199. The molecule has 2 atom stereocenters. The molecule has 0 saturated heterocycles. The van der Waals surface area contributed by atoms with E-state index in [4.69, 9.17) is 5.73 Å². The van der Waals surface area contributed by atoms with Crippen molar-refractivity contribution in [2.24, 2.45) is 17.1 Å². The third-order valence-corrected chi connectivity index (χ3v) is 4.26. The van der Waals surface area contributed by atoms with E-state index >= 15 is 0 Å². The van der Waals surface area contributed by atoms with Gasteiger partial charge in [0.1, 0.15) is 0 Å². The molecule has 2 rings (SSSR count). The van der Waals surface area contributed by atoms with Gasteiger partial charge in [0.05, 0.1) is 0 Å². The van der Waals surface area contributed by atoms with Crippen molar-refractivity contribution in [3.8, 4) is 0 Å². The molecule has 1 nitrogen and oxygen atoms in total. The second-order valence-corrected chi connectivity index (χ2v) is 5.04. The summed E-state index contributed by atoms with van der Waals surface area (Å²) >= 11 is 0. The Kier molecular flexibility index (Phi) is 2.78. The van der Waals surface area contributed by atoms with Crippen molar-refractivity contribution in [1.29, 1.82) is 0 Å². The molecule has 0 aromatic carbocycles. The van der Waals surface area contributed by atoms with Crippen LogP contribution in [0.1, 0.15) is 44.9 Å². The van der Waals surface area contributed by atoms with Gasteiger partial charge in [0.25, 0.3) is 0 Å². The quantitative estimate of drug-likeness (QED) is 0.696. The molecule has 2 saturated carbocycles. The molecule has 0 amide bonds. The van der Waals surface area contributed by atoms with Crippen LogP contribution in [0.2, 0.25) is 0 Å². The monoisotopic (exact) mass is 203 g/mol. The summed E-state index contributed by atoms with van der Waals surface area (Å²) in [6, 6.07) is 0.0141. The first kappa shape index (κ1) is 10.3. The fourth-order valence-corrected chi connectivity index (χ4v) is 3.42. The molecule has 2 unspecified atom stereocenters. The summed E-state index contributed by atoms with van der Waals surface area (Å²) in [6.45, 7) is 0. The molecule has 2 aliphatic carbocycles. The van der Waals surface area contributed by atoms with Crippen molar-refractivity contribution in [2.45, 2.75) is 57.4 Å². The first-order valence-electron chi connectivity index (χ1n) is 5.68. The lowest BCUT2D eigenvalue weighted by Crippen LogP contribution is -2.43. The second-order valence-electron chi connectivity index (χ2n) is 5.04. The molecule has 3 heteroatoms. The van der Waals surface area contributed by atoms with Gasteiger partial charge in [-0.3, -0.25) is 0 Å². The number of alkyl halides is 2. The van der Waals surface area contributed by atoms with Gasteiger partial charge < -0.3 is 5.73 Å². The fraction of sp³-hybridized carbons (Fsp3) is 1.00. The lowest BCUT2D eigenvalue weighted by atomic mass is 9.64. The van der Waals surface area contributed by atoms with Crippen molar-refractivity contribution < 1.29 is 8.78 Å². The standard InChI is InChI=1S/C11H19F2N/c12-10(13)9-7-8(14)3-6-11(9)4-1-2-5-11/h8-10H,1-7,14H2.